The Morgan fingerprint density at radius 1 is 0.966 bits per heavy atom. The van der Waals surface area contributed by atoms with Crippen LogP contribution in [0.2, 0.25) is 0 Å². The highest BCUT2D eigenvalue weighted by molar-refractivity contribution is 5.77. The summed E-state index contributed by atoms with van der Waals surface area (Å²) in [5.41, 5.74) is 9.03. The van der Waals surface area contributed by atoms with Gasteiger partial charge in [-0.15, -0.1) is 0 Å². The summed E-state index contributed by atoms with van der Waals surface area (Å²) >= 11 is 0. The quantitative estimate of drug-likeness (QED) is 0.698. The molecule has 2 aromatic carbocycles. The van der Waals surface area contributed by atoms with E-state index in [1.165, 1.54) is 11.1 Å². The van der Waals surface area contributed by atoms with Gasteiger partial charge in [0, 0.05) is 37.2 Å². The highest BCUT2D eigenvalue weighted by atomic mass is 16.4. The van der Waals surface area contributed by atoms with Gasteiger partial charge in [-0.1, -0.05) is 59.7 Å². The fourth-order valence-corrected chi connectivity index (χ4v) is 3.57. The van der Waals surface area contributed by atoms with Gasteiger partial charge in [0.05, 0.1) is 0 Å². The van der Waals surface area contributed by atoms with Gasteiger partial charge in [0.1, 0.15) is 12.5 Å². The normalized spacial score (nSPS) is 17.3. The maximum atomic E-state index is 8.00. The van der Waals surface area contributed by atoms with E-state index >= 15 is 0 Å². The third-order valence-corrected chi connectivity index (χ3v) is 5.32. The number of aryl methyl sites for hydroxylation is 2. The van der Waals surface area contributed by atoms with Crippen molar-refractivity contribution in [2.24, 2.45) is 0 Å². The van der Waals surface area contributed by atoms with Crippen molar-refractivity contribution in [2.75, 3.05) is 20.1 Å². The fraction of sp³-hybridized carbons (Fsp3) is 0.333. The molecule has 0 spiro atoms. The average Bonchev–Trinajstić information content (AvgIpc) is 3.06. The van der Waals surface area contributed by atoms with Gasteiger partial charge in [0.25, 0.3) is 0 Å². The van der Waals surface area contributed by atoms with Gasteiger partial charge in [0.2, 0.25) is 0 Å². The van der Waals surface area contributed by atoms with E-state index in [1.807, 2.05) is 6.79 Å². The van der Waals surface area contributed by atoms with Gasteiger partial charge in [-0.05, 0) is 26.7 Å². The SMILES string of the molecule is C=O.Cc1ccc(-c2nc(C3CCNN(C)CC3)oc2-c2ccc(C)cc2)cc1. The van der Waals surface area contributed by atoms with E-state index in [-0.39, 0.29) is 0 Å². The molecule has 29 heavy (non-hydrogen) atoms. The maximum absolute atomic E-state index is 8.00. The van der Waals surface area contributed by atoms with Gasteiger partial charge in [-0.3, -0.25) is 5.43 Å². The van der Waals surface area contributed by atoms with Gasteiger partial charge >= 0.3 is 0 Å². The Morgan fingerprint density at radius 2 is 1.55 bits per heavy atom. The van der Waals surface area contributed by atoms with Crippen molar-refractivity contribution in [1.82, 2.24) is 15.4 Å². The summed E-state index contributed by atoms with van der Waals surface area (Å²) < 4.78 is 6.40. The molecule has 5 nitrogen and oxygen atoms in total. The molecule has 0 aliphatic carbocycles. The van der Waals surface area contributed by atoms with Crippen molar-refractivity contribution in [2.45, 2.75) is 32.6 Å². The molecule has 0 saturated carbocycles. The highest BCUT2D eigenvalue weighted by Gasteiger charge is 2.24. The van der Waals surface area contributed by atoms with Crippen LogP contribution in [-0.2, 0) is 4.79 Å². The molecule has 1 aliphatic rings. The molecule has 0 radical (unpaired) electrons. The number of rotatable bonds is 3. The van der Waals surface area contributed by atoms with Crippen molar-refractivity contribution in [3.8, 4) is 22.6 Å². The first kappa shape index (κ1) is 21.0. The van der Waals surface area contributed by atoms with Crippen LogP contribution in [-0.4, -0.2) is 36.9 Å². The summed E-state index contributed by atoms with van der Waals surface area (Å²) in [6.07, 6.45) is 2.08. The van der Waals surface area contributed by atoms with E-state index in [1.54, 1.807) is 0 Å². The second-order valence-corrected chi connectivity index (χ2v) is 7.57. The molecule has 5 heteroatoms. The average molecular weight is 392 g/mol. The lowest BCUT2D eigenvalue weighted by Crippen LogP contribution is -2.33. The Hall–Kier alpha value is -2.76. The third-order valence-electron chi connectivity index (χ3n) is 5.32. The number of nitrogens with one attached hydrogen (secondary N) is 1. The zero-order valence-corrected chi connectivity index (χ0v) is 17.4. The second-order valence-electron chi connectivity index (χ2n) is 7.57. The largest absolute Gasteiger partial charge is 0.440 e. The highest BCUT2D eigenvalue weighted by Crippen LogP contribution is 2.36. The molecule has 1 fully saturated rings. The van der Waals surface area contributed by atoms with Crippen molar-refractivity contribution in [3.63, 3.8) is 0 Å². The summed E-state index contributed by atoms with van der Waals surface area (Å²) in [7, 11) is 2.09. The monoisotopic (exact) mass is 391 g/mol. The summed E-state index contributed by atoms with van der Waals surface area (Å²) in [6.45, 7) is 8.15. The smallest absolute Gasteiger partial charge is 0.198 e. The molecule has 0 bridgehead atoms. The molecule has 1 saturated heterocycles. The molecular weight excluding hydrogens is 362 g/mol. The number of benzene rings is 2. The first-order valence-electron chi connectivity index (χ1n) is 9.98. The first-order chi connectivity index (χ1) is 14.1. The topological polar surface area (TPSA) is 58.4 Å². The van der Waals surface area contributed by atoms with Crippen molar-refractivity contribution in [3.05, 3.63) is 65.5 Å². The van der Waals surface area contributed by atoms with Gasteiger partial charge in [-0.25, -0.2) is 9.99 Å². The molecule has 1 N–H and O–H groups in total. The lowest BCUT2D eigenvalue weighted by atomic mass is 10.0. The minimum absolute atomic E-state index is 0.339. The van der Waals surface area contributed by atoms with Crippen LogP contribution in [0.4, 0.5) is 0 Å². The molecule has 4 rings (SSSR count). The van der Waals surface area contributed by atoms with Crippen molar-refractivity contribution >= 4 is 6.79 Å². The Kier molecular flexibility index (Phi) is 6.96. The Morgan fingerprint density at radius 3 is 2.17 bits per heavy atom. The molecule has 1 aliphatic heterocycles. The number of hydrazine groups is 1. The minimum Gasteiger partial charge on any atom is -0.440 e. The molecule has 0 amide bonds. The maximum Gasteiger partial charge on any atom is 0.198 e. The van der Waals surface area contributed by atoms with Crippen LogP contribution in [0.1, 0.15) is 35.8 Å². The summed E-state index contributed by atoms with van der Waals surface area (Å²) in [6, 6.07) is 17.0. The lowest BCUT2D eigenvalue weighted by Gasteiger charge is -2.13. The number of aromatic nitrogens is 1. The standard InChI is InChI=1S/C23H27N3O.CH2O/c1-16-4-8-18(9-5-16)21-22(19-10-6-17(2)7-11-19)27-23(25-21)20-12-14-24-26(3)15-13-20;1-2/h4-11,20,24H,12-15H2,1-3H3;1H2. The van der Waals surface area contributed by atoms with Crippen LogP contribution < -0.4 is 5.43 Å². The van der Waals surface area contributed by atoms with Crippen LogP contribution in [0.25, 0.3) is 22.6 Å². The van der Waals surface area contributed by atoms with Crippen LogP contribution in [0, 0.1) is 13.8 Å². The molecule has 3 aromatic rings. The number of nitrogens with zero attached hydrogens (tertiary/aromatic N) is 2. The van der Waals surface area contributed by atoms with Crippen LogP contribution >= 0.6 is 0 Å². The number of hydrogen-bond acceptors (Lipinski definition) is 5. The summed E-state index contributed by atoms with van der Waals surface area (Å²) in [5.74, 6) is 2.07. The predicted molar refractivity (Wildman–Crippen MR) is 117 cm³/mol. The fourth-order valence-electron chi connectivity index (χ4n) is 3.57. The van der Waals surface area contributed by atoms with Crippen molar-refractivity contribution < 1.29 is 9.21 Å². The van der Waals surface area contributed by atoms with E-state index in [0.717, 1.165) is 54.4 Å². The number of oxazole rings is 1. The van der Waals surface area contributed by atoms with Crippen LogP contribution in [0.15, 0.2) is 52.9 Å². The van der Waals surface area contributed by atoms with Gasteiger partial charge < -0.3 is 9.21 Å². The van der Waals surface area contributed by atoms with E-state index in [4.69, 9.17) is 14.2 Å². The first-order valence-corrected chi connectivity index (χ1v) is 9.98. The van der Waals surface area contributed by atoms with Crippen molar-refractivity contribution in [1.29, 1.82) is 0 Å². The van der Waals surface area contributed by atoms with Crippen LogP contribution in [0.3, 0.4) is 0 Å². The molecule has 1 atom stereocenters. The Bertz CT molecular complexity index is 853. The van der Waals surface area contributed by atoms with Gasteiger partial charge in [0.15, 0.2) is 11.7 Å². The van der Waals surface area contributed by atoms with Crippen LogP contribution in [0.5, 0.6) is 0 Å². The molecule has 152 valence electrons. The molecule has 2 heterocycles. The number of carbonyl (C=O) groups excluding carboxylic acids is 1. The minimum atomic E-state index is 0.339. The van der Waals surface area contributed by atoms with Gasteiger partial charge in [-0.2, -0.15) is 0 Å². The second kappa shape index (κ2) is 9.63. The molecule has 1 unspecified atom stereocenters. The lowest BCUT2D eigenvalue weighted by molar-refractivity contribution is -0.0979. The molecule has 1 aromatic heterocycles. The zero-order chi connectivity index (χ0) is 20.8. The third kappa shape index (κ3) is 5.00. The van der Waals surface area contributed by atoms with E-state index in [0.29, 0.717) is 5.92 Å². The summed E-state index contributed by atoms with van der Waals surface area (Å²) in [5, 5.41) is 2.16. The Balaban J connectivity index is 0.00000117. The number of carbonyl (C=O) groups is 1. The Labute approximate surface area is 172 Å². The molecular formula is C24H29N3O2. The number of hydrogen-bond donors (Lipinski definition) is 1. The zero-order valence-electron chi connectivity index (χ0n) is 17.4. The van der Waals surface area contributed by atoms with E-state index in [9.17, 15) is 0 Å². The van der Waals surface area contributed by atoms with E-state index in [2.05, 4.69) is 79.9 Å². The summed E-state index contributed by atoms with van der Waals surface area (Å²) in [4.78, 5) is 13.0. The predicted octanol–water partition coefficient (Wildman–Crippen LogP) is 4.75. The van der Waals surface area contributed by atoms with E-state index < -0.39 is 0 Å².